The Balaban J connectivity index is 2.88. The van der Waals surface area contributed by atoms with Gasteiger partial charge in [-0.15, -0.1) is 0 Å². The van der Waals surface area contributed by atoms with Gasteiger partial charge in [-0.3, -0.25) is 0 Å². The maximum absolute atomic E-state index is 5.75. The number of nitrogens with zero attached hydrogens (tertiary/aromatic N) is 3. The summed E-state index contributed by atoms with van der Waals surface area (Å²) in [6.45, 7) is 1.98. The third-order valence-corrected chi connectivity index (χ3v) is 2.86. The molecular weight excluding hydrogens is 288 g/mol. The summed E-state index contributed by atoms with van der Waals surface area (Å²) in [5.41, 5.74) is 1.89. The fourth-order valence-corrected chi connectivity index (χ4v) is 1.60. The van der Waals surface area contributed by atoms with Crippen LogP contribution in [-0.2, 0) is 0 Å². The van der Waals surface area contributed by atoms with Crippen molar-refractivity contribution in [1.82, 2.24) is 14.6 Å². The standard InChI is InChI=1S/C7H5ClIN3/c1-4-6(9)11-12-3-2-5(8)10-7(4)12/h2-3H,1H3. The summed E-state index contributed by atoms with van der Waals surface area (Å²) in [5.74, 6) is 0. The molecule has 0 atom stereocenters. The maximum Gasteiger partial charge on any atom is 0.160 e. The van der Waals surface area contributed by atoms with Crippen LogP contribution in [0.15, 0.2) is 12.3 Å². The number of aryl methyl sites for hydroxylation is 1. The molecule has 0 saturated carbocycles. The minimum absolute atomic E-state index is 0.502. The molecule has 0 unspecified atom stereocenters. The first-order valence-corrected chi connectivity index (χ1v) is 4.81. The molecule has 0 spiro atoms. The van der Waals surface area contributed by atoms with E-state index in [0.717, 1.165) is 14.9 Å². The zero-order valence-electron chi connectivity index (χ0n) is 6.25. The Labute approximate surface area is 87.9 Å². The van der Waals surface area contributed by atoms with Crippen LogP contribution in [0.5, 0.6) is 0 Å². The molecule has 2 rings (SSSR count). The maximum atomic E-state index is 5.75. The van der Waals surface area contributed by atoms with Gasteiger partial charge in [-0.1, -0.05) is 11.6 Å². The highest BCUT2D eigenvalue weighted by atomic mass is 127. The molecule has 0 fully saturated rings. The molecule has 0 aliphatic heterocycles. The van der Waals surface area contributed by atoms with Crippen LogP contribution in [0.3, 0.4) is 0 Å². The Morgan fingerprint density at radius 2 is 2.33 bits per heavy atom. The van der Waals surface area contributed by atoms with E-state index in [1.54, 1.807) is 16.8 Å². The first kappa shape index (κ1) is 8.25. The minimum Gasteiger partial charge on any atom is -0.221 e. The molecule has 62 valence electrons. The van der Waals surface area contributed by atoms with Crippen molar-refractivity contribution in [1.29, 1.82) is 0 Å². The minimum atomic E-state index is 0.502. The zero-order chi connectivity index (χ0) is 8.72. The summed E-state index contributed by atoms with van der Waals surface area (Å²) in [4.78, 5) is 4.16. The molecule has 2 heterocycles. The van der Waals surface area contributed by atoms with Gasteiger partial charge in [0.15, 0.2) is 5.65 Å². The van der Waals surface area contributed by atoms with Crippen LogP contribution in [0.1, 0.15) is 5.56 Å². The van der Waals surface area contributed by atoms with Crippen LogP contribution in [0.25, 0.3) is 5.65 Å². The number of rotatable bonds is 0. The van der Waals surface area contributed by atoms with Crippen molar-refractivity contribution in [2.24, 2.45) is 0 Å². The first-order chi connectivity index (χ1) is 5.68. The van der Waals surface area contributed by atoms with Crippen molar-refractivity contribution < 1.29 is 0 Å². The van der Waals surface area contributed by atoms with Crippen LogP contribution in [0, 0.1) is 10.6 Å². The van der Waals surface area contributed by atoms with E-state index in [4.69, 9.17) is 11.6 Å². The lowest BCUT2D eigenvalue weighted by atomic mass is 10.4. The lowest BCUT2D eigenvalue weighted by Gasteiger charge is -1.92. The SMILES string of the molecule is Cc1c(I)nn2ccc(Cl)nc12. The van der Waals surface area contributed by atoms with Gasteiger partial charge in [-0.05, 0) is 35.6 Å². The number of aromatic nitrogens is 3. The van der Waals surface area contributed by atoms with E-state index in [-0.39, 0.29) is 0 Å². The monoisotopic (exact) mass is 293 g/mol. The number of halogens is 2. The van der Waals surface area contributed by atoms with Gasteiger partial charge < -0.3 is 0 Å². The highest BCUT2D eigenvalue weighted by molar-refractivity contribution is 14.1. The van der Waals surface area contributed by atoms with E-state index in [1.807, 2.05) is 6.92 Å². The van der Waals surface area contributed by atoms with Crippen LogP contribution < -0.4 is 0 Å². The predicted octanol–water partition coefficient (Wildman–Crippen LogP) is 2.30. The Hall–Kier alpha value is -0.360. The molecule has 0 saturated heterocycles. The average Bonchev–Trinajstić information content (AvgIpc) is 2.31. The molecule has 0 aliphatic rings. The second kappa shape index (κ2) is 2.85. The van der Waals surface area contributed by atoms with Crippen molar-refractivity contribution in [2.75, 3.05) is 0 Å². The lowest BCUT2D eigenvalue weighted by Crippen LogP contribution is -1.88. The van der Waals surface area contributed by atoms with Gasteiger partial charge in [-0.2, -0.15) is 5.10 Å². The molecule has 2 aromatic heterocycles. The van der Waals surface area contributed by atoms with E-state index >= 15 is 0 Å². The Kier molecular flexibility index (Phi) is 1.96. The Morgan fingerprint density at radius 1 is 1.58 bits per heavy atom. The number of hydrogen-bond acceptors (Lipinski definition) is 2. The van der Waals surface area contributed by atoms with Crippen molar-refractivity contribution in [2.45, 2.75) is 6.92 Å². The van der Waals surface area contributed by atoms with Crippen LogP contribution in [0.2, 0.25) is 5.15 Å². The van der Waals surface area contributed by atoms with Gasteiger partial charge >= 0.3 is 0 Å². The molecule has 12 heavy (non-hydrogen) atoms. The van der Waals surface area contributed by atoms with Crippen molar-refractivity contribution in [3.63, 3.8) is 0 Å². The van der Waals surface area contributed by atoms with Gasteiger partial charge in [0, 0.05) is 11.8 Å². The fraction of sp³-hybridized carbons (Fsp3) is 0.143. The quantitative estimate of drug-likeness (QED) is 0.551. The van der Waals surface area contributed by atoms with E-state index in [0.29, 0.717) is 5.15 Å². The molecule has 3 nitrogen and oxygen atoms in total. The molecule has 0 amide bonds. The smallest absolute Gasteiger partial charge is 0.160 e. The van der Waals surface area contributed by atoms with Crippen molar-refractivity contribution in [3.05, 3.63) is 26.7 Å². The third-order valence-electron chi connectivity index (χ3n) is 1.62. The van der Waals surface area contributed by atoms with Crippen LogP contribution >= 0.6 is 34.2 Å². The highest BCUT2D eigenvalue weighted by Crippen LogP contribution is 2.15. The van der Waals surface area contributed by atoms with Crippen molar-refractivity contribution >= 4 is 39.8 Å². The summed E-state index contributed by atoms with van der Waals surface area (Å²) in [6.07, 6.45) is 1.81. The second-order valence-electron chi connectivity index (χ2n) is 2.43. The molecule has 0 N–H and O–H groups in total. The fourth-order valence-electron chi connectivity index (χ4n) is 0.991. The number of fused-ring (bicyclic) bond motifs is 1. The normalized spacial score (nSPS) is 10.9. The van der Waals surface area contributed by atoms with Gasteiger partial charge in [0.25, 0.3) is 0 Å². The molecule has 0 radical (unpaired) electrons. The van der Waals surface area contributed by atoms with Gasteiger partial charge in [0.05, 0.1) is 0 Å². The topological polar surface area (TPSA) is 30.2 Å². The summed E-state index contributed by atoms with van der Waals surface area (Å²) in [7, 11) is 0. The van der Waals surface area contributed by atoms with E-state index in [1.165, 1.54) is 0 Å². The summed E-state index contributed by atoms with van der Waals surface area (Å²) in [6, 6.07) is 1.72. The average molecular weight is 293 g/mol. The summed E-state index contributed by atoms with van der Waals surface area (Å²) in [5, 5.41) is 4.74. The molecule has 0 aliphatic carbocycles. The molecular formula is C7H5ClIN3. The third kappa shape index (κ3) is 1.19. The van der Waals surface area contributed by atoms with Gasteiger partial charge in [0.1, 0.15) is 8.85 Å². The predicted molar refractivity (Wildman–Crippen MR) is 55.5 cm³/mol. The number of hydrogen-bond donors (Lipinski definition) is 0. The first-order valence-electron chi connectivity index (χ1n) is 3.35. The van der Waals surface area contributed by atoms with Gasteiger partial charge in [-0.25, -0.2) is 9.50 Å². The van der Waals surface area contributed by atoms with E-state index < -0.39 is 0 Å². The lowest BCUT2D eigenvalue weighted by molar-refractivity contribution is 0.926. The summed E-state index contributed by atoms with van der Waals surface area (Å²) < 4.78 is 2.69. The molecule has 5 heteroatoms. The summed E-state index contributed by atoms with van der Waals surface area (Å²) >= 11 is 7.92. The zero-order valence-corrected chi connectivity index (χ0v) is 9.17. The molecule has 0 aromatic carbocycles. The van der Waals surface area contributed by atoms with E-state index in [2.05, 4.69) is 32.7 Å². The highest BCUT2D eigenvalue weighted by Gasteiger charge is 2.06. The largest absolute Gasteiger partial charge is 0.221 e. The second-order valence-corrected chi connectivity index (χ2v) is 3.84. The Bertz CT molecular complexity index is 437. The van der Waals surface area contributed by atoms with Crippen molar-refractivity contribution in [3.8, 4) is 0 Å². The Morgan fingerprint density at radius 3 is 3.08 bits per heavy atom. The van der Waals surface area contributed by atoms with Crippen LogP contribution in [0.4, 0.5) is 0 Å². The van der Waals surface area contributed by atoms with Gasteiger partial charge in [0.2, 0.25) is 0 Å². The van der Waals surface area contributed by atoms with Crippen LogP contribution in [-0.4, -0.2) is 14.6 Å². The van der Waals surface area contributed by atoms with E-state index in [9.17, 15) is 0 Å². The molecule has 2 aromatic rings. The molecule has 0 bridgehead atoms.